The van der Waals surface area contributed by atoms with Gasteiger partial charge in [0.1, 0.15) is 12.1 Å². The number of carbonyl (C=O) groups excluding carboxylic acids is 4. The van der Waals surface area contributed by atoms with E-state index < -0.39 is 48.3 Å². The maximum Gasteiger partial charge on any atom is 0.329 e. The molecule has 0 aromatic carbocycles. The molecule has 2 N–H and O–H groups in total. The molecule has 0 unspecified atom stereocenters. The van der Waals surface area contributed by atoms with E-state index in [1.807, 2.05) is 13.8 Å². The summed E-state index contributed by atoms with van der Waals surface area (Å²) < 4.78 is 13.6. The minimum absolute atomic E-state index is 0.0359. The molecule has 0 saturated carbocycles. The first kappa shape index (κ1) is 21.8. The van der Waals surface area contributed by atoms with Crippen LogP contribution in [0.1, 0.15) is 26.7 Å². The van der Waals surface area contributed by atoms with E-state index in [1.54, 1.807) is 0 Å². The number of esters is 3. The molecule has 138 valence electrons. The average Bonchev–Trinajstić information content (AvgIpc) is 2.55. The van der Waals surface area contributed by atoms with E-state index in [4.69, 9.17) is 0 Å². The predicted octanol–water partition coefficient (Wildman–Crippen LogP) is -0.596. The van der Waals surface area contributed by atoms with Crippen molar-refractivity contribution >= 4 is 23.8 Å². The third-order valence-electron chi connectivity index (χ3n) is 3.27. The lowest BCUT2D eigenvalue weighted by molar-refractivity contribution is -0.160. The molecule has 3 atom stereocenters. The van der Waals surface area contributed by atoms with Gasteiger partial charge in [0, 0.05) is 0 Å². The van der Waals surface area contributed by atoms with Gasteiger partial charge in [0.2, 0.25) is 5.91 Å². The summed E-state index contributed by atoms with van der Waals surface area (Å²) in [5.74, 6) is -4.76. The van der Waals surface area contributed by atoms with Crippen LogP contribution in [0.15, 0.2) is 0 Å². The highest BCUT2D eigenvalue weighted by Crippen LogP contribution is 2.15. The highest BCUT2D eigenvalue weighted by atomic mass is 16.5. The van der Waals surface area contributed by atoms with Crippen molar-refractivity contribution in [3.8, 4) is 0 Å². The number of hydrogen-bond acceptors (Lipinski definition) is 8. The summed E-state index contributed by atoms with van der Waals surface area (Å²) in [6, 6.07) is -1.49. The Labute approximate surface area is 140 Å². The summed E-state index contributed by atoms with van der Waals surface area (Å²) in [6.45, 7) is 3.62. The van der Waals surface area contributed by atoms with Crippen LogP contribution in [-0.2, 0) is 33.4 Å². The van der Waals surface area contributed by atoms with Crippen molar-refractivity contribution in [1.29, 1.82) is 0 Å². The summed E-state index contributed by atoms with van der Waals surface area (Å²) >= 11 is 0. The molecule has 9 nitrogen and oxygen atoms in total. The number of hydrogen-bond donors (Lipinski definition) is 2. The highest BCUT2D eigenvalue weighted by Gasteiger charge is 2.39. The van der Waals surface area contributed by atoms with Crippen molar-refractivity contribution in [2.45, 2.75) is 38.8 Å². The third-order valence-corrected chi connectivity index (χ3v) is 3.27. The first-order chi connectivity index (χ1) is 11.2. The molecule has 0 saturated heterocycles. The largest absolute Gasteiger partial charge is 0.469 e. The number of aliphatic hydroxyl groups is 1. The SMILES string of the molecule is COC(=O)C[C@H](C(=O)OC)[C@H](NC(=O)[C@@H](O)CC(C)C)C(=O)OC. The lowest BCUT2D eigenvalue weighted by atomic mass is 9.95. The Balaban J connectivity index is 5.38. The van der Waals surface area contributed by atoms with Gasteiger partial charge in [-0.05, 0) is 12.3 Å². The standard InChI is InChI=1S/C15H25NO8/c1-8(2)6-10(17)13(19)16-12(15(21)24-5)9(14(20)23-4)7-11(18)22-3/h8-10,12,17H,6-7H2,1-5H3,(H,16,19)/t9-,10-,12-/m0/s1. The fourth-order valence-corrected chi connectivity index (χ4v) is 2.01. The zero-order chi connectivity index (χ0) is 18.9. The summed E-state index contributed by atoms with van der Waals surface area (Å²) in [6.07, 6.45) is -1.70. The Hall–Kier alpha value is -2.16. The molecule has 0 radical (unpaired) electrons. The minimum Gasteiger partial charge on any atom is -0.469 e. The average molecular weight is 347 g/mol. The highest BCUT2D eigenvalue weighted by molar-refractivity contribution is 5.92. The van der Waals surface area contributed by atoms with E-state index >= 15 is 0 Å². The molecule has 0 rings (SSSR count). The summed E-state index contributed by atoms with van der Waals surface area (Å²) in [5.41, 5.74) is 0. The van der Waals surface area contributed by atoms with Gasteiger partial charge in [-0.15, -0.1) is 0 Å². The van der Waals surface area contributed by atoms with Gasteiger partial charge in [-0.25, -0.2) is 4.79 Å². The van der Waals surface area contributed by atoms with Crippen LogP contribution < -0.4 is 5.32 Å². The van der Waals surface area contributed by atoms with Crippen molar-refractivity contribution < 1.29 is 38.5 Å². The molecule has 0 aromatic heterocycles. The molecule has 0 aliphatic rings. The maximum absolute atomic E-state index is 12.0. The summed E-state index contributed by atoms with van der Waals surface area (Å²) in [7, 11) is 3.27. The van der Waals surface area contributed by atoms with Gasteiger partial charge in [-0.2, -0.15) is 0 Å². The molecular weight excluding hydrogens is 322 g/mol. The van der Waals surface area contributed by atoms with Crippen LogP contribution in [0.4, 0.5) is 0 Å². The molecule has 0 bridgehead atoms. The first-order valence-corrected chi connectivity index (χ1v) is 7.38. The second-order valence-electron chi connectivity index (χ2n) is 5.56. The van der Waals surface area contributed by atoms with E-state index in [0.717, 1.165) is 21.3 Å². The zero-order valence-electron chi connectivity index (χ0n) is 14.5. The van der Waals surface area contributed by atoms with Gasteiger partial charge in [-0.1, -0.05) is 13.8 Å². The van der Waals surface area contributed by atoms with E-state index in [0.29, 0.717) is 0 Å². The normalized spacial score (nSPS) is 14.3. The number of ether oxygens (including phenoxy) is 3. The molecule has 0 heterocycles. The fraction of sp³-hybridized carbons (Fsp3) is 0.733. The Morgan fingerprint density at radius 1 is 0.958 bits per heavy atom. The smallest absolute Gasteiger partial charge is 0.329 e. The lowest BCUT2D eigenvalue weighted by Crippen LogP contribution is -2.52. The molecule has 24 heavy (non-hydrogen) atoms. The topological polar surface area (TPSA) is 128 Å². The van der Waals surface area contributed by atoms with Crippen molar-refractivity contribution in [1.82, 2.24) is 5.32 Å². The molecule has 0 aliphatic carbocycles. The molecule has 0 aromatic rings. The molecule has 0 fully saturated rings. The number of rotatable bonds is 9. The van der Waals surface area contributed by atoms with Gasteiger partial charge in [0.15, 0.2) is 0 Å². The first-order valence-electron chi connectivity index (χ1n) is 7.38. The van der Waals surface area contributed by atoms with E-state index in [2.05, 4.69) is 19.5 Å². The van der Waals surface area contributed by atoms with Gasteiger partial charge in [0.25, 0.3) is 0 Å². The van der Waals surface area contributed by atoms with Crippen LogP contribution in [0.2, 0.25) is 0 Å². The second-order valence-corrected chi connectivity index (χ2v) is 5.56. The zero-order valence-corrected chi connectivity index (χ0v) is 14.5. The van der Waals surface area contributed by atoms with E-state index in [1.165, 1.54) is 0 Å². The number of aliphatic hydroxyl groups excluding tert-OH is 1. The van der Waals surface area contributed by atoms with Gasteiger partial charge >= 0.3 is 17.9 Å². The monoisotopic (exact) mass is 347 g/mol. The lowest BCUT2D eigenvalue weighted by Gasteiger charge is -2.24. The predicted molar refractivity (Wildman–Crippen MR) is 81.5 cm³/mol. The van der Waals surface area contributed by atoms with Gasteiger partial charge < -0.3 is 24.6 Å². The molecule has 1 amide bonds. The Kier molecular flexibility index (Phi) is 9.63. The van der Waals surface area contributed by atoms with Gasteiger partial charge in [-0.3, -0.25) is 14.4 Å². The second kappa shape index (κ2) is 10.6. The van der Waals surface area contributed by atoms with E-state index in [9.17, 15) is 24.3 Å². The van der Waals surface area contributed by atoms with Crippen molar-refractivity contribution in [2.24, 2.45) is 11.8 Å². The number of nitrogens with one attached hydrogen (secondary N) is 1. The molecule has 0 aliphatic heterocycles. The molecular formula is C15H25NO8. The van der Waals surface area contributed by atoms with Crippen LogP contribution in [0.5, 0.6) is 0 Å². The maximum atomic E-state index is 12.0. The van der Waals surface area contributed by atoms with Crippen molar-refractivity contribution in [3.05, 3.63) is 0 Å². The Morgan fingerprint density at radius 3 is 1.92 bits per heavy atom. The molecule has 0 spiro atoms. The number of amides is 1. The third kappa shape index (κ3) is 6.95. The van der Waals surface area contributed by atoms with E-state index in [-0.39, 0.29) is 12.3 Å². The van der Waals surface area contributed by atoms with Crippen LogP contribution in [0.3, 0.4) is 0 Å². The van der Waals surface area contributed by atoms with Crippen LogP contribution in [0.25, 0.3) is 0 Å². The number of methoxy groups -OCH3 is 3. The van der Waals surface area contributed by atoms with Crippen LogP contribution in [0, 0.1) is 11.8 Å². The van der Waals surface area contributed by atoms with Crippen molar-refractivity contribution in [3.63, 3.8) is 0 Å². The summed E-state index contributed by atoms with van der Waals surface area (Å²) in [5, 5.41) is 12.1. The van der Waals surface area contributed by atoms with Crippen molar-refractivity contribution in [2.75, 3.05) is 21.3 Å². The van der Waals surface area contributed by atoms with Crippen LogP contribution in [-0.4, -0.2) is 62.4 Å². The Morgan fingerprint density at radius 2 is 1.50 bits per heavy atom. The van der Waals surface area contributed by atoms with Gasteiger partial charge in [0.05, 0.1) is 33.7 Å². The Bertz CT molecular complexity index is 462. The van der Waals surface area contributed by atoms with Crippen LogP contribution >= 0.6 is 0 Å². The molecule has 9 heteroatoms. The fourth-order valence-electron chi connectivity index (χ4n) is 2.01. The number of carbonyl (C=O) groups is 4. The quantitative estimate of drug-likeness (QED) is 0.418. The summed E-state index contributed by atoms with van der Waals surface area (Å²) in [4.78, 5) is 47.4. The minimum atomic E-state index is -1.49.